The van der Waals surface area contributed by atoms with Crippen molar-refractivity contribution in [2.75, 3.05) is 0 Å². The third-order valence-electron chi connectivity index (χ3n) is 7.46. The maximum Gasteiger partial charge on any atom is 0.416 e. The third-order valence-corrected chi connectivity index (χ3v) is 9.77. The molecule has 3 heterocycles. The number of nitrogens with zero attached hydrogens (tertiary/aromatic N) is 1. The average molecular weight is 588 g/mol. The molecular formula is C31H16F3NO4S2. The van der Waals surface area contributed by atoms with E-state index in [1.165, 1.54) is 28.7 Å². The van der Waals surface area contributed by atoms with Crippen molar-refractivity contribution >= 4 is 89.5 Å². The molecule has 202 valence electrons. The van der Waals surface area contributed by atoms with E-state index in [-0.39, 0.29) is 16.7 Å². The first kappa shape index (κ1) is 25.6. The van der Waals surface area contributed by atoms with Crippen LogP contribution in [0.25, 0.3) is 43.7 Å². The molecule has 10 heteroatoms. The minimum absolute atomic E-state index is 0.0661. The quantitative estimate of drug-likeness (QED) is 0.159. The van der Waals surface area contributed by atoms with Crippen LogP contribution in [0.4, 0.5) is 13.2 Å². The van der Waals surface area contributed by atoms with E-state index in [2.05, 4.69) is 0 Å². The highest BCUT2D eigenvalue weighted by Gasteiger charge is 2.38. The molecule has 0 unspecified atom stereocenters. The number of allylic oxidation sites excluding steroid dienone is 2. The maximum atomic E-state index is 13.2. The second kappa shape index (κ2) is 8.55. The second-order valence-corrected chi connectivity index (χ2v) is 12.2. The Hall–Kier alpha value is -4.41. The largest absolute Gasteiger partial charge is 0.416 e. The number of rotatable bonds is 2. The van der Waals surface area contributed by atoms with E-state index in [4.69, 9.17) is 0 Å². The van der Waals surface area contributed by atoms with Crippen LogP contribution in [0.2, 0.25) is 0 Å². The smallest absolute Gasteiger partial charge is 0.342 e. The standard InChI is InChI=1S/C31H16F3NO4S2/c1-13-3-5-17-19(7-13)25(36)27(38)21(17)9-15-11-23-29(40-15)30-24(35(23)2)12-16(41-30)10-22-18-6-4-14(31(32,33)34)8-20(18)26(37)28(22)39/h3-12H,1-2H3/b21-9-,22-10-. The number of thiophene rings is 2. The molecule has 0 amide bonds. The molecule has 5 nitrogen and oxygen atoms in total. The lowest BCUT2D eigenvalue weighted by Crippen LogP contribution is -2.08. The minimum atomic E-state index is -4.62. The number of ketones is 4. The van der Waals surface area contributed by atoms with Crippen LogP contribution in [0.5, 0.6) is 0 Å². The summed E-state index contributed by atoms with van der Waals surface area (Å²) in [6.07, 6.45) is -1.34. The number of Topliss-reactive ketones (excluding diaryl/α,β-unsaturated/α-hetero) is 4. The molecule has 41 heavy (non-hydrogen) atoms. The van der Waals surface area contributed by atoms with E-state index >= 15 is 0 Å². The van der Waals surface area contributed by atoms with E-state index in [0.717, 1.165) is 43.0 Å². The van der Waals surface area contributed by atoms with Crippen molar-refractivity contribution in [2.45, 2.75) is 13.1 Å². The molecule has 0 saturated carbocycles. The van der Waals surface area contributed by atoms with Gasteiger partial charge in [-0.05, 0) is 60.5 Å². The summed E-state index contributed by atoms with van der Waals surface area (Å²) in [6, 6.07) is 12.0. The first-order chi connectivity index (χ1) is 19.4. The molecule has 5 aromatic rings. The lowest BCUT2D eigenvalue weighted by Gasteiger charge is -2.07. The summed E-state index contributed by atoms with van der Waals surface area (Å²) in [5.74, 6) is -2.83. The Kier molecular flexibility index (Phi) is 5.33. The number of aromatic nitrogens is 1. The van der Waals surface area contributed by atoms with Crippen molar-refractivity contribution in [1.29, 1.82) is 0 Å². The van der Waals surface area contributed by atoms with Gasteiger partial charge in [0.25, 0.3) is 0 Å². The molecule has 2 aromatic carbocycles. The number of carbonyl (C=O) groups is 4. The zero-order chi connectivity index (χ0) is 29.0. The number of aryl methyl sites for hydroxylation is 2. The van der Waals surface area contributed by atoms with Crippen molar-refractivity contribution < 1.29 is 32.3 Å². The highest BCUT2D eigenvalue weighted by molar-refractivity contribution is 7.28. The molecule has 0 fully saturated rings. The number of carbonyl (C=O) groups excluding carboxylic acids is 4. The summed E-state index contributed by atoms with van der Waals surface area (Å²) < 4.78 is 43.3. The van der Waals surface area contributed by atoms with Crippen LogP contribution >= 0.6 is 22.7 Å². The van der Waals surface area contributed by atoms with Crippen molar-refractivity contribution in [3.05, 3.63) is 91.7 Å². The molecule has 7 rings (SSSR count). The Bertz CT molecular complexity index is 2140. The SMILES string of the molecule is Cc1ccc2c(c1)C(=O)C(=O)/C2=C\c1cc2c(s1)c1sc(/C=C3\C(=O)C(=O)c4cc(C(F)(F)F)ccc43)cc1n2C. The summed E-state index contributed by atoms with van der Waals surface area (Å²) in [5.41, 5.74) is 3.15. The van der Waals surface area contributed by atoms with Gasteiger partial charge in [0.2, 0.25) is 23.1 Å². The summed E-state index contributed by atoms with van der Waals surface area (Å²) in [6.45, 7) is 1.87. The van der Waals surface area contributed by atoms with Gasteiger partial charge in [-0.15, -0.1) is 22.7 Å². The first-order valence-electron chi connectivity index (χ1n) is 12.4. The summed E-state index contributed by atoms with van der Waals surface area (Å²) in [7, 11) is 1.89. The average Bonchev–Trinajstić information content (AvgIpc) is 3.69. The molecule has 0 N–H and O–H groups in total. The fraction of sp³-hybridized carbons (Fsp3) is 0.0968. The molecule has 0 aliphatic heterocycles. The van der Waals surface area contributed by atoms with E-state index in [1.807, 2.05) is 36.7 Å². The highest BCUT2D eigenvalue weighted by Crippen LogP contribution is 2.43. The molecule has 0 radical (unpaired) electrons. The zero-order valence-electron chi connectivity index (χ0n) is 21.3. The van der Waals surface area contributed by atoms with Gasteiger partial charge >= 0.3 is 6.18 Å². The van der Waals surface area contributed by atoms with Crippen LogP contribution in [-0.4, -0.2) is 27.7 Å². The third kappa shape index (κ3) is 3.74. The number of hydrogen-bond acceptors (Lipinski definition) is 6. The van der Waals surface area contributed by atoms with E-state index < -0.39 is 34.9 Å². The summed E-state index contributed by atoms with van der Waals surface area (Å²) >= 11 is 2.86. The van der Waals surface area contributed by atoms with Crippen LogP contribution < -0.4 is 0 Å². The lowest BCUT2D eigenvalue weighted by molar-refractivity contribution is -0.137. The Morgan fingerprint density at radius 2 is 1.15 bits per heavy atom. The van der Waals surface area contributed by atoms with Gasteiger partial charge in [-0.25, -0.2) is 0 Å². The number of hydrogen-bond donors (Lipinski definition) is 0. The molecule has 2 aliphatic rings. The number of alkyl halides is 3. The molecule has 2 aliphatic carbocycles. The Morgan fingerprint density at radius 3 is 1.66 bits per heavy atom. The fourth-order valence-electron chi connectivity index (χ4n) is 5.42. The predicted molar refractivity (Wildman–Crippen MR) is 153 cm³/mol. The number of fused-ring (bicyclic) bond motifs is 5. The number of halogens is 3. The van der Waals surface area contributed by atoms with Crippen molar-refractivity contribution in [3.63, 3.8) is 0 Å². The summed E-state index contributed by atoms with van der Waals surface area (Å²) in [4.78, 5) is 52.0. The fourth-order valence-corrected chi connectivity index (χ4v) is 7.84. The highest BCUT2D eigenvalue weighted by atomic mass is 32.1. The van der Waals surface area contributed by atoms with Crippen LogP contribution in [0.1, 0.15) is 52.7 Å². The minimum Gasteiger partial charge on any atom is -0.342 e. The summed E-state index contributed by atoms with van der Waals surface area (Å²) in [5, 5.41) is 0. The maximum absolute atomic E-state index is 13.2. The Labute approximate surface area is 237 Å². The lowest BCUT2D eigenvalue weighted by atomic mass is 10.0. The van der Waals surface area contributed by atoms with Gasteiger partial charge < -0.3 is 4.57 Å². The van der Waals surface area contributed by atoms with Crippen molar-refractivity contribution in [3.8, 4) is 0 Å². The molecular weight excluding hydrogens is 571 g/mol. The number of benzene rings is 2. The normalized spacial score (nSPS) is 17.2. The molecule has 0 spiro atoms. The molecule has 0 atom stereocenters. The van der Waals surface area contributed by atoms with Crippen LogP contribution in [0, 0.1) is 6.92 Å². The van der Waals surface area contributed by atoms with Gasteiger partial charge in [0, 0.05) is 39.1 Å². The first-order valence-corrected chi connectivity index (χ1v) is 14.0. The van der Waals surface area contributed by atoms with Gasteiger partial charge in [0.1, 0.15) is 0 Å². The van der Waals surface area contributed by atoms with Gasteiger partial charge in [-0.1, -0.05) is 23.8 Å². The van der Waals surface area contributed by atoms with E-state index in [9.17, 15) is 32.3 Å². The zero-order valence-corrected chi connectivity index (χ0v) is 22.9. The van der Waals surface area contributed by atoms with Crippen molar-refractivity contribution in [1.82, 2.24) is 4.57 Å². The predicted octanol–water partition coefficient (Wildman–Crippen LogP) is 7.39. The second-order valence-electron chi connectivity index (χ2n) is 10.0. The van der Waals surface area contributed by atoms with Crippen LogP contribution in [0.15, 0.2) is 48.5 Å². The molecule has 0 saturated heterocycles. The Morgan fingerprint density at radius 1 is 0.659 bits per heavy atom. The topological polar surface area (TPSA) is 73.2 Å². The molecule has 3 aromatic heterocycles. The Balaban J connectivity index is 1.30. The van der Waals surface area contributed by atoms with Gasteiger partial charge in [-0.2, -0.15) is 13.2 Å². The molecule has 0 bridgehead atoms. The van der Waals surface area contributed by atoms with Gasteiger partial charge in [-0.3, -0.25) is 19.2 Å². The van der Waals surface area contributed by atoms with Crippen LogP contribution in [-0.2, 0) is 22.8 Å². The van der Waals surface area contributed by atoms with Crippen molar-refractivity contribution in [2.24, 2.45) is 7.05 Å². The van der Waals surface area contributed by atoms with Crippen LogP contribution in [0.3, 0.4) is 0 Å². The van der Waals surface area contributed by atoms with E-state index in [0.29, 0.717) is 21.6 Å². The van der Waals surface area contributed by atoms with E-state index in [1.54, 1.807) is 24.3 Å². The van der Waals surface area contributed by atoms with Gasteiger partial charge in [0.15, 0.2) is 0 Å². The monoisotopic (exact) mass is 587 g/mol. The van der Waals surface area contributed by atoms with Gasteiger partial charge in [0.05, 0.1) is 26.0 Å².